The lowest BCUT2D eigenvalue weighted by molar-refractivity contribution is 0.0266. The number of benzene rings is 2. The van der Waals surface area contributed by atoms with Crippen LogP contribution in [0.15, 0.2) is 59.8 Å². The molecule has 0 saturated heterocycles. The Labute approximate surface area is 147 Å². The first kappa shape index (κ1) is 18.7. The molecule has 2 aromatic rings. The van der Waals surface area contributed by atoms with Gasteiger partial charge in [0, 0.05) is 18.4 Å². The van der Waals surface area contributed by atoms with Crippen LogP contribution < -0.4 is 4.74 Å². The summed E-state index contributed by atoms with van der Waals surface area (Å²) in [5.41, 5.74) is 1.49. The van der Waals surface area contributed by atoms with Gasteiger partial charge in [-0.3, -0.25) is 4.79 Å². The van der Waals surface area contributed by atoms with Gasteiger partial charge in [-0.1, -0.05) is 35.5 Å². The van der Waals surface area contributed by atoms with E-state index in [1.54, 1.807) is 37.6 Å². The van der Waals surface area contributed by atoms with Gasteiger partial charge in [-0.2, -0.15) is 0 Å². The van der Waals surface area contributed by atoms with E-state index in [-0.39, 0.29) is 18.3 Å². The largest absolute Gasteiger partial charge is 0.497 e. The van der Waals surface area contributed by atoms with Crippen molar-refractivity contribution in [1.82, 2.24) is 0 Å². The van der Waals surface area contributed by atoms with Crippen LogP contribution in [0.4, 0.5) is 0 Å². The van der Waals surface area contributed by atoms with Crippen molar-refractivity contribution < 1.29 is 19.5 Å². The Morgan fingerprint density at radius 3 is 2.48 bits per heavy atom. The van der Waals surface area contributed by atoms with E-state index in [9.17, 15) is 9.90 Å². The van der Waals surface area contributed by atoms with E-state index < -0.39 is 6.10 Å². The molecule has 0 amide bonds. The molecule has 0 heterocycles. The van der Waals surface area contributed by atoms with E-state index in [1.165, 1.54) is 0 Å². The third-order valence-corrected chi connectivity index (χ3v) is 3.68. The molecule has 2 aromatic carbocycles. The summed E-state index contributed by atoms with van der Waals surface area (Å²) >= 11 is 0. The first-order valence-electron chi connectivity index (χ1n) is 8.18. The summed E-state index contributed by atoms with van der Waals surface area (Å²) in [4.78, 5) is 17.5. The Morgan fingerprint density at radius 1 is 1.16 bits per heavy atom. The summed E-state index contributed by atoms with van der Waals surface area (Å²) in [5, 5.41) is 14.0. The molecule has 132 valence electrons. The zero-order valence-corrected chi connectivity index (χ0v) is 14.5. The molecule has 0 spiro atoms. The van der Waals surface area contributed by atoms with Crippen molar-refractivity contribution in [1.29, 1.82) is 0 Å². The molecule has 0 saturated carbocycles. The second kappa shape index (κ2) is 9.59. The molecule has 0 aliphatic carbocycles. The Hall–Kier alpha value is -2.66. The average molecular weight is 341 g/mol. The van der Waals surface area contributed by atoms with Crippen molar-refractivity contribution in [3.8, 4) is 5.75 Å². The van der Waals surface area contributed by atoms with Crippen LogP contribution in [0.2, 0.25) is 0 Å². The van der Waals surface area contributed by atoms with E-state index in [1.807, 2.05) is 37.3 Å². The normalized spacial score (nSPS) is 13.4. The molecule has 0 bridgehead atoms. The minimum atomic E-state index is -0.781. The maximum Gasteiger partial charge on any atom is 0.165 e. The maximum atomic E-state index is 12.2. The van der Waals surface area contributed by atoms with E-state index in [0.29, 0.717) is 17.7 Å². The molecule has 0 aliphatic heterocycles. The quantitative estimate of drug-likeness (QED) is 0.431. The average Bonchev–Trinajstić information content (AvgIpc) is 2.62. The molecular formula is C20H23NO4. The fourth-order valence-corrected chi connectivity index (χ4v) is 2.35. The van der Waals surface area contributed by atoms with Crippen molar-refractivity contribution in [3.05, 3.63) is 65.7 Å². The van der Waals surface area contributed by atoms with Crippen LogP contribution >= 0.6 is 0 Å². The molecule has 2 rings (SSSR count). The highest BCUT2D eigenvalue weighted by atomic mass is 16.6. The molecule has 5 nitrogen and oxygen atoms in total. The highest BCUT2D eigenvalue weighted by molar-refractivity contribution is 5.96. The predicted molar refractivity (Wildman–Crippen MR) is 97.1 cm³/mol. The highest BCUT2D eigenvalue weighted by Gasteiger charge is 2.16. The highest BCUT2D eigenvalue weighted by Crippen LogP contribution is 2.15. The third-order valence-electron chi connectivity index (χ3n) is 3.68. The van der Waals surface area contributed by atoms with Crippen LogP contribution in [0.3, 0.4) is 0 Å². The number of carbonyl (C=O) groups is 1. The van der Waals surface area contributed by atoms with E-state index in [4.69, 9.17) is 9.57 Å². The molecule has 1 N–H and O–H groups in total. The standard InChI is InChI=1S/C20H23NO4/c1-15(25-21-14-16-6-4-3-5-7-16)12-18(22)13-20(23)17-8-10-19(24-2)11-9-17/h3-11,14-15,18,22H,12-13H2,1-2H3/b21-14+/t15-,18?/m0/s1. The van der Waals surface area contributed by atoms with Gasteiger partial charge in [-0.05, 0) is 36.8 Å². The van der Waals surface area contributed by atoms with Gasteiger partial charge >= 0.3 is 0 Å². The van der Waals surface area contributed by atoms with Crippen LogP contribution in [-0.4, -0.2) is 36.4 Å². The number of ether oxygens (including phenoxy) is 1. The zero-order chi connectivity index (χ0) is 18.1. The molecule has 2 atom stereocenters. The zero-order valence-electron chi connectivity index (χ0n) is 14.5. The van der Waals surface area contributed by atoms with E-state index in [0.717, 1.165) is 5.56 Å². The second-order valence-electron chi connectivity index (χ2n) is 5.81. The van der Waals surface area contributed by atoms with Gasteiger partial charge in [-0.15, -0.1) is 0 Å². The molecule has 0 aromatic heterocycles. The molecule has 0 radical (unpaired) electrons. The van der Waals surface area contributed by atoms with Crippen molar-refractivity contribution in [2.24, 2.45) is 5.16 Å². The second-order valence-corrected chi connectivity index (χ2v) is 5.81. The van der Waals surface area contributed by atoms with Gasteiger partial charge in [0.2, 0.25) is 0 Å². The summed E-state index contributed by atoms with van der Waals surface area (Å²) in [7, 11) is 1.57. The number of Topliss-reactive ketones (excluding diaryl/α,β-unsaturated/α-hetero) is 1. The number of hydrogen-bond donors (Lipinski definition) is 1. The first-order valence-corrected chi connectivity index (χ1v) is 8.18. The van der Waals surface area contributed by atoms with Gasteiger partial charge in [0.1, 0.15) is 11.9 Å². The topological polar surface area (TPSA) is 68.1 Å². The Morgan fingerprint density at radius 2 is 1.84 bits per heavy atom. The molecule has 1 unspecified atom stereocenters. The van der Waals surface area contributed by atoms with Crippen LogP contribution in [-0.2, 0) is 4.84 Å². The summed E-state index contributed by atoms with van der Waals surface area (Å²) in [6.45, 7) is 1.81. The summed E-state index contributed by atoms with van der Waals surface area (Å²) in [5.74, 6) is 0.575. The predicted octanol–water partition coefficient (Wildman–Crippen LogP) is 3.46. The van der Waals surface area contributed by atoms with E-state index >= 15 is 0 Å². The Balaban J connectivity index is 1.77. The third kappa shape index (κ3) is 6.39. The number of methoxy groups -OCH3 is 1. The van der Waals surface area contributed by atoms with Crippen molar-refractivity contribution in [2.45, 2.75) is 32.0 Å². The smallest absolute Gasteiger partial charge is 0.165 e. The SMILES string of the molecule is COc1ccc(C(=O)CC(O)C[C@H](C)O/N=C/c2ccccc2)cc1. The first-order chi connectivity index (χ1) is 12.1. The minimum Gasteiger partial charge on any atom is -0.497 e. The van der Waals surface area contributed by atoms with Gasteiger partial charge in [0.15, 0.2) is 5.78 Å². The van der Waals surface area contributed by atoms with Crippen LogP contribution in [0.5, 0.6) is 5.75 Å². The van der Waals surface area contributed by atoms with E-state index in [2.05, 4.69) is 5.16 Å². The van der Waals surface area contributed by atoms with Crippen molar-refractivity contribution in [3.63, 3.8) is 0 Å². The van der Waals surface area contributed by atoms with Crippen LogP contribution in [0.1, 0.15) is 35.7 Å². The number of nitrogens with zero attached hydrogens (tertiary/aromatic N) is 1. The molecule has 0 fully saturated rings. The number of ketones is 1. The van der Waals surface area contributed by atoms with Gasteiger partial charge in [0.25, 0.3) is 0 Å². The summed E-state index contributed by atoms with van der Waals surface area (Å²) < 4.78 is 5.06. The van der Waals surface area contributed by atoms with Crippen molar-refractivity contribution in [2.75, 3.05) is 7.11 Å². The number of hydrogen-bond acceptors (Lipinski definition) is 5. The number of oxime groups is 1. The summed E-state index contributed by atoms with van der Waals surface area (Å²) in [6, 6.07) is 16.4. The van der Waals surface area contributed by atoms with Gasteiger partial charge in [0.05, 0.1) is 19.4 Å². The number of carbonyl (C=O) groups excluding carboxylic acids is 1. The fraction of sp³-hybridized carbons (Fsp3) is 0.300. The summed E-state index contributed by atoms with van der Waals surface area (Å²) in [6.07, 6.45) is 0.914. The monoisotopic (exact) mass is 341 g/mol. The Kier molecular flexibility index (Phi) is 7.16. The number of rotatable bonds is 9. The van der Waals surface area contributed by atoms with Gasteiger partial charge in [-0.25, -0.2) is 0 Å². The van der Waals surface area contributed by atoms with Crippen molar-refractivity contribution >= 4 is 12.0 Å². The van der Waals surface area contributed by atoms with Crippen LogP contribution in [0, 0.1) is 0 Å². The van der Waals surface area contributed by atoms with Gasteiger partial charge < -0.3 is 14.7 Å². The lowest BCUT2D eigenvalue weighted by Gasteiger charge is -2.14. The fourth-order valence-electron chi connectivity index (χ4n) is 2.35. The number of aliphatic hydroxyl groups is 1. The molecule has 5 heteroatoms. The molecule has 0 aliphatic rings. The molecule has 25 heavy (non-hydrogen) atoms. The minimum absolute atomic E-state index is 0.0441. The number of aliphatic hydroxyl groups excluding tert-OH is 1. The van der Waals surface area contributed by atoms with Crippen LogP contribution in [0.25, 0.3) is 0 Å². The lowest BCUT2D eigenvalue weighted by atomic mass is 10.0. The lowest BCUT2D eigenvalue weighted by Crippen LogP contribution is -2.20. The Bertz CT molecular complexity index is 683. The molecular weight excluding hydrogens is 318 g/mol. The maximum absolute atomic E-state index is 12.2.